The van der Waals surface area contributed by atoms with Gasteiger partial charge < -0.3 is 5.32 Å². The van der Waals surface area contributed by atoms with Crippen molar-refractivity contribution < 1.29 is 4.79 Å². The van der Waals surface area contributed by atoms with Gasteiger partial charge in [-0.05, 0) is 40.9 Å². The number of hydrogen-bond acceptors (Lipinski definition) is 1. The molecule has 1 N–H and O–H groups in total. The van der Waals surface area contributed by atoms with Gasteiger partial charge in [0, 0.05) is 10.4 Å². The van der Waals surface area contributed by atoms with Gasteiger partial charge in [0.25, 0.3) is 0 Å². The van der Waals surface area contributed by atoms with Gasteiger partial charge in [0.05, 0.1) is 15.7 Å². The Balaban J connectivity index is 2.21. The molecule has 1 aliphatic rings. The Hall–Kier alpha value is -0.250. The zero-order valence-corrected chi connectivity index (χ0v) is 10.8. The van der Waals surface area contributed by atoms with Crippen molar-refractivity contribution in [1.82, 2.24) is 0 Å². The molecule has 1 amide bonds. The van der Waals surface area contributed by atoms with E-state index in [0.29, 0.717) is 15.7 Å². The summed E-state index contributed by atoms with van der Waals surface area (Å²) in [4.78, 5) is 11.5. The van der Waals surface area contributed by atoms with Crippen LogP contribution in [0.3, 0.4) is 0 Å². The van der Waals surface area contributed by atoms with Crippen LogP contribution in [0, 0.1) is 5.92 Å². The van der Waals surface area contributed by atoms with Gasteiger partial charge in [0.15, 0.2) is 0 Å². The van der Waals surface area contributed by atoms with Gasteiger partial charge in [0.2, 0.25) is 5.91 Å². The third-order valence-electron chi connectivity index (χ3n) is 2.24. The molecule has 0 radical (unpaired) electrons. The molecule has 2 rings (SSSR count). The Labute approximate surface area is 106 Å². The van der Waals surface area contributed by atoms with Gasteiger partial charge in [-0.3, -0.25) is 4.79 Å². The molecule has 0 saturated heterocycles. The van der Waals surface area contributed by atoms with E-state index in [1.165, 1.54) is 0 Å². The summed E-state index contributed by atoms with van der Waals surface area (Å²) in [6, 6.07) is 3.50. The molecule has 5 heteroatoms. The van der Waals surface area contributed by atoms with Crippen molar-refractivity contribution in [2.45, 2.75) is 12.8 Å². The van der Waals surface area contributed by atoms with E-state index in [4.69, 9.17) is 23.2 Å². The van der Waals surface area contributed by atoms with Crippen molar-refractivity contribution in [3.8, 4) is 0 Å². The number of carbonyl (C=O) groups excluding carboxylic acids is 1. The van der Waals surface area contributed by atoms with E-state index in [-0.39, 0.29) is 11.8 Å². The third-order valence-corrected chi connectivity index (χ3v) is 4.01. The smallest absolute Gasteiger partial charge is 0.227 e. The second kappa shape index (κ2) is 4.32. The lowest BCUT2D eigenvalue weighted by molar-refractivity contribution is -0.117. The molecule has 0 bridgehead atoms. The number of anilines is 1. The molecular formula is C10H8BrCl2NO. The van der Waals surface area contributed by atoms with Crippen LogP contribution in [0.5, 0.6) is 0 Å². The first-order valence-electron chi connectivity index (χ1n) is 4.54. The lowest BCUT2D eigenvalue weighted by atomic mass is 10.3. The average molecular weight is 309 g/mol. The lowest BCUT2D eigenvalue weighted by Crippen LogP contribution is -2.13. The summed E-state index contributed by atoms with van der Waals surface area (Å²) < 4.78 is 0.721. The van der Waals surface area contributed by atoms with Crippen LogP contribution in [-0.2, 0) is 4.79 Å². The fraction of sp³-hybridized carbons (Fsp3) is 0.300. The van der Waals surface area contributed by atoms with Gasteiger partial charge in [-0.1, -0.05) is 23.2 Å². The Kier molecular flexibility index (Phi) is 3.24. The van der Waals surface area contributed by atoms with Crippen molar-refractivity contribution in [2.75, 3.05) is 5.32 Å². The number of hydrogen-bond donors (Lipinski definition) is 1. The highest BCUT2D eigenvalue weighted by molar-refractivity contribution is 9.10. The Morgan fingerprint density at radius 2 is 2.00 bits per heavy atom. The molecule has 1 aromatic rings. The molecule has 0 atom stereocenters. The first kappa shape index (κ1) is 11.2. The predicted octanol–water partition coefficient (Wildman–Crippen LogP) is 4.10. The van der Waals surface area contributed by atoms with Crippen molar-refractivity contribution in [1.29, 1.82) is 0 Å². The quantitative estimate of drug-likeness (QED) is 0.819. The molecule has 0 aromatic heterocycles. The minimum atomic E-state index is 0.0234. The summed E-state index contributed by atoms with van der Waals surface area (Å²) in [7, 11) is 0. The van der Waals surface area contributed by atoms with E-state index in [0.717, 1.165) is 17.3 Å². The number of benzene rings is 1. The average Bonchev–Trinajstić information content (AvgIpc) is 3.02. The molecule has 1 saturated carbocycles. The number of carbonyl (C=O) groups is 1. The zero-order chi connectivity index (χ0) is 11.0. The summed E-state index contributed by atoms with van der Waals surface area (Å²) >= 11 is 15.2. The molecule has 0 unspecified atom stereocenters. The third kappa shape index (κ3) is 2.47. The van der Waals surface area contributed by atoms with Gasteiger partial charge >= 0.3 is 0 Å². The monoisotopic (exact) mass is 307 g/mol. The first-order valence-corrected chi connectivity index (χ1v) is 6.09. The zero-order valence-electron chi connectivity index (χ0n) is 7.69. The van der Waals surface area contributed by atoms with Crippen LogP contribution in [0.1, 0.15) is 12.8 Å². The van der Waals surface area contributed by atoms with Gasteiger partial charge in [0.1, 0.15) is 0 Å². The minimum absolute atomic E-state index is 0.0234. The number of amides is 1. The van der Waals surface area contributed by atoms with Gasteiger partial charge in [-0.25, -0.2) is 0 Å². The van der Waals surface area contributed by atoms with Crippen LogP contribution < -0.4 is 5.32 Å². The van der Waals surface area contributed by atoms with E-state index >= 15 is 0 Å². The maximum Gasteiger partial charge on any atom is 0.227 e. The van der Waals surface area contributed by atoms with Crippen LogP contribution in [0.15, 0.2) is 16.6 Å². The largest absolute Gasteiger partial charge is 0.324 e. The topological polar surface area (TPSA) is 29.1 Å². The first-order chi connectivity index (χ1) is 7.09. The van der Waals surface area contributed by atoms with Gasteiger partial charge in [-0.2, -0.15) is 0 Å². The fourth-order valence-corrected chi connectivity index (χ4v) is 2.02. The number of nitrogens with one attached hydrogen (secondary N) is 1. The summed E-state index contributed by atoms with van der Waals surface area (Å²) in [5.41, 5.74) is 0.571. The molecule has 0 heterocycles. The van der Waals surface area contributed by atoms with Crippen molar-refractivity contribution in [3.05, 3.63) is 26.7 Å². The molecule has 0 spiro atoms. The maximum atomic E-state index is 11.5. The molecule has 1 fully saturated rings. The van der Waals surface area contributed by atoms with Crippen molar-refractivity contribution >= 4 is 50.7 Å². The van der Waals surface area contributed by atoms with E-state index in [9.17, 15) is 4.79 Å². The molecular weight excluding hydrogens is 301 g/mol. The minimum Gasteiger partial charge on any atom is -0.324 e. The van der Waals surface area contributed by atoms with Crippen LogP contribution in [-0.4, -0.2) is 5.91 Å². The summed E-state index contributed by atoms with van der Waals surface area (Å²) in [6.07, 6.45) is 1.93. The van der Waals surface area contributed by atoms with Gasteiger partial charge in [-0.15, -0.1) is 0 Å². The summed E-state index contributed by atoms with van der Waals surface area (Å²) in [5, 5.41) is 3.56. The second-order valence-electron chi connectivity index (χ2n) is 3.49. The molecule has 0 aliphatic heterocycles. The maximum absolute atomic E-state index is 11.5. The molecule has 80 valence electrons. The van der Waals surface area contributed by atoms with E-state index in [1.54, 1.807) is 12.1 Å². The van der Waals surface area contributed by atoms with E-state index in [2.05, 4.69) is 21.2 Å². The standard InChI is InChI=1S/C10H8BrCl2NO/c11-6-3-4-7(9(13)8(6)12)14-10(15)5-1-2-5/h3-5H,1-2H2,(H,14,15). The highest BCUT2D eigenvalue weighted by atomic mass is 79.9. The molecule has 15 heavy (non-hydrogen) atoms. The van der Waals surface area contributed by atoms with Crippen LogP contribution in [0.25, 0.3) is 0 Å². The molecule has 1 aromatic carbocycles. The summed E-state index contributed by atoms with van der Waals surface area (Å²) in [5.74, 6) is 0.179. The highest BCUT2D eigenvalue weighted by Crippen LogP contribution is 2.37. The number of rotatable bonds is 2. The predicted molar refractivity (Wildman–Crippen MR) is 65.5 cm³/mol. The van der Waals surface area contributed by atoms with Crippen LogP contribution in [0.2, 0.25) is 10.0 Å². The SMILES string of the molecule is O=C(Nc1ccc(Br)c(Cl)c1Cl)C1CC1. The summed E-state index contributed by atoms with van der Waals surface area (Å²) in [6.45, 7) is 0. The Morgan fingerprint density at radius 1 is 1.33 bits per heavy atom. The fourth-order valence-electron chi connectivity index (χ4n) is 1.20. The van der Waals surface area contributed by atoms with E-state index in [1.807, 2.05) is 0 Å². The second-order valence-corrected chi connectivity index (χ2v) is 5.10. The van der Waals surface area contributed by atoms with Crippen molar-refractivity contribution in [3.63, 3.8) is 0 Å². The highest BCUT2D eigenvalue weighted by Gasteiger charge is 2.30. The molecule has 1 aliphatic carbocycles. The van der Waals surface area contributed by atoms with Crippen molar-refractivity contribution in [2.24, 2.45) is 5.92 Å². The van der Waals surface area contributed by atoms with Crippen LogP contribution in [0.4, 0.5) is 5.69 Å². The molecule has 2 nitrogen and oxygen atoms in total. The number of halogens is 3. The van der Waals surface area contributed by atoms with Crippen LogP contribution >= 0.6 is 39.1 Å². The normalized spacial score (nSPS) is 15.1. The lowest BCUT2D eigenvalue weighted by Gasteiger charge is -2.08. The Bertz CT molecular complexity index is 418. The Morgan fingerprint density at radius 3 is 2.60 bits per heavy atom. The van der Waals surface area contributed by atoms with E-state index < -0.39 is 0 Å².